The molecule has 1 aliphatic rings. The molecule has 1 aromatic carbocycles. The van der Waals surface area contributed by atoms with Crippen molar-refractivity contribution in [2.75, 3.05) is 10.6 Å². The summed E-state index contributed by atoms with van der Waals surface area (Å²) in [6, 6.07) is 12.9. The molecule has 0 spiro atoms. The number of aryl methyl sites for hydroxylation is 2. The van der Waals surface area contributed by atoms with Crippen LogP contribution in [-0.2, 0) is 19.4 Å². The van der Waals surface area contributed by atoms with Gasteiger partial charge in [0.15, 0.2) is 0 Å². The first kappa shape index (κ1) is 13.9. The van der Waals surface area contributed by atoms with Crippen molar-refractivity contribution < 1.29 is 0 Å². The number of pyridine rings is 1. The predicted octanol–water partition coefficient (Wildman–Crippen LogP) is 3.57. The van der Waals surface area contributed by atoms with Gasteiger partial charge in [0, 0.05) is 24.0 Å². The number of fused-ring (bicyclic) bond motifs is 1. The first-order chi connectivity index (χ1) is 10.1. The van der Waals surface area contributed by atoms with Gasteiger partial charge in [-0.05, 0) is 56.4 Å². The summed E-state index contributed by atoms with van der Waals surface area (Å²) in [4.78, 5) is 7.21. The maximum Gasteiger partial charge on any atom is 0.129 e. The van der Waals surface area contributed by atoms with Gasteiger partial charge in [0.25, 0.3) is 0 Å². The van der Waals surface area contributed by atoms with Gasteiger partial charge in [0.05, 0.1) is 0 Å². The molecule has 3 heteroatoms. The summed E-state index contributed by atoms with van der Waals surface area (Å²) >= 11 is 0. The highest BCUT2D eigenvalue weighted by molar-refractivity contribution is 5.51. The molecular weight excluding hydrogens is 258 g/mol. The SMILES string of the molecule is CC(C)N(Cc1ccccc1N)c1ccc2c(n1)CCC2. The molecule has 1 heterocycles. The normalized spacial score (nSPS) is 13.5. The lowest BCUT2D eigenvalue weighted by molar-refractivity contribution is 0.671. The Balaban J connectivity index is 1.90. The number of hydrogen-bond acceptors (Lipinski definition) is 3. The van der Waals surface area contributed by atoms with Crippen molar-refractivity contribution in [2.24, 2.45) is 0 Å². The van der Waals surface area contributed by atoms with Gasteiger partial charge < -0.3 is 10.6 Å². The highest BCUT2D eigenvalue weighted by atomic mass is 15.2. The van der Waals surface area contributed by atoms with E-state index in [0.717, 1.165) is 30.0 Å². The van der Waals surface area contributed by atoms with E-state index in [1.807, 2.05) is 18.2 Å². The average Bonchev–Trinajstić information content (AvgIpc) is 2.93. The summed E-state index contributed by atoms with van der Waals surface area (Å²) in [5, 5.41) is 0. The minimum Gasteiger partial charge on any atom is -0.398 e. The van der Waals surface area contributed by atoms with E-state index in [1.54, 1.807) is 0 Å². The molecule has 0 unspecified atom stereocenters. The second-order valence-corrected chi connectivity index (χ2v) is 6.05. The van der Waals surface area contributed by atoms with Crippen molar-refractivity contribution in [1.29, 1.82) is 0 Å². The molecule has 0 saturated heterocycles. The summed E-state index contributed by atoms with van der Waals surface area (Å²) in [6.45, 7) is 5.21. The Morgan fingerprint density at radius 3 is 2.71 bits per heavy atom. The minimum absolute atomic E-state index is 0.386. The third-order valence-electron chi connectivity index (χ3n) is 4.23. The Morgan fingerprint density at radius 2 is 1.95 bits per heavy atom. The molecule has 0 amide bonds. The number of nitrogen functional groups attached to an aromatic ring is 1. The standard InChI is InChI=1S/C18H23N3/c1-13(2)21(12-15-6-3-4-8-16(15)19)18-11-10-14-7-5-9-17(14)20-18/h3-4,6,8,10-11,13H,5,7,9,12,19H2,1-2H3. The summed E-state index contributed by atoms with van der Waals surface area (Å²) in [7, 11) is 0. The molecule has 1 aromatic heterocycles. The number of nitrogens with two attached hydrogens (primary N) is 1. The summed E-state index contributed by atoms with van der Waals surface area (Å²) < 4.78 is 0. The van der Waals surface area contributed by atoms with Crippen molar-refractivity contribution in [2.45, 2.75) is 45.7 Å². The Hall–Kier alpha value is -2.03. The summed E-state index contributed by atoms with van der Waals surface area (Å²) in [5.74, 6) is 1.06. The molecule has 0 atom stereocenters. The Bertz CT molecular complexity index is 634. The third kappa shape index (κ3) is 2.87. The topological polar surface area (TPSA) is 42.1 Å². The second-order valence-electron chi connectivity index (χ2n) is 6.05. The largest absolute Gasteiger partial charge is 0.398 e. The first-order valence-electron chi connectivity index (χ1n) is 7.74. The van der Waals surface area contributed by atoms with Gasteiger partial charge in [-0.25, -0.2) is 4.98 Å². The molecule has 0 fully saturated rings. The zero-order valence-corrected chi connectivity index (χ0v) is 12.8. The average molecular weight is 281 g/mol. The molecule has 110 valence electrons. The fourth-order valence-electron chi connectivity index (χ4n) is 2.96. The van der Waals surface area contributed by atoms with Gasteiger partial charge in [-0.1, -0.05) is 24.3 Å². The van der Waals surface area contributed by atoms with Crippen LogP contribution in [-0.4, -0.2) is 11.0 Å². The Kier molecular flexibility index (Phi) is 3.82. The van der Waals surface area contributed by atoms with Crippen LogP contribution in [0.2, 0.25) is 0 Å². The lowest BCUT2D eigenvalue weighted by Crippen LogP contribution is -2.31. The summed E-state index contributed by atoms with van der Waals surface area (Å²) in [5.41, 5.74) is 10.8. The lowest BCUT2D eigenvalue weighted by Gasteiger charge is -2.29. The predicted molar refractivity (Wildman–Crippen MR) is 88.4 cm³/mol. The molecule has 0 saturated carbocycles. The number of hydrogen-bond donors (Lipinski definition) is 1. The van der Waals surface area contributed by atoms with Crippen LogP contribution in [0.3, 0.4) is 0 Å². The van der Waals surface area contributed by atoms with Gasteiger partial charge in [0.1, 0.15) is 5.82 Å². The van der Waals surface area contributed by atoms with Gasteiger partial charge in [-0.3, -0.25) is 0 Å². The summed E-state index contributed by atoms with van der Waals surface area (Å²) in [6.07, 6.45) is 3.53. The van der Waals surface area contributed by atoms with E-state index in [4.69, 9.17) is 10.7 Å². The lowest BCUT2D eigenvalue weighted by atomic mass is 10.1. The molecule has 2 aromatic rings. The zero-order valence-electron chi connectivity index (χ0n) is 12.8. The van der Waals surface area contributed by atoms with Crippen molar-refractivity contribution in [3.8, 4) is 0 Å². The van der Waals surface area contributed by atoms with E-state index in [-0.39, 0.29) is 0 Å². The number of para-hydroxylation sites is 1. The molecule has 0 bridgehead atoms. The van der Waals surface area contributed by atoms with Crippen molar-refractivity contribution in [1.82, 2.24) is 4.98 Å². The van der Waals surface area contributed by atoms with Crippen LogP contribution in [0.15, 0.2) is 36.4 Å². The number of aromatic nitrogens is 1. The smallest absolute Gasteiger partial charge is 0.129 e. The van der Waals surface area contributed by atoms with Crippen LogP contribution in [0.1, 0.15) is 37.1 Å². The fourth-order valence-corrected chi connectivity index (χ4v) is 2.96. The Labute approximate surface area is 126 Å². The van der Waals surface area contributed by atoms with E-state index in [0.29, 0.717) is 6.04 Å². The van der Waals surface area contributed by atoms with Crippen LogP contribution in [0, 0.1) is 0 Å². The number of anilines is 2. The molecule has 0 radical (unpaired) electrons. The van der Waals surface area contributed by atoms with Crippen molar-refractivity contribution in [3.05, 3.63) is 53.2 Å². The van der Waals surface area contributed by atoms with E-state index >= 15 is 0 Å². The maximum atomic E-state index is 6.09. The highest BCUT2D eigenvalue weighted by Crippen LogP contribution is 2.26. The highest BCUT2D eigenvalue weighted by Gasteiger charge is 2.18. The molecule has 21 heavy (non-hydrogen) atoms. The molecule has 3 rings (SSSR count). The van der Waals surface area contributed by atoms with E-state index in [9.17, 15) is 0 Å². The second kappa shape index (κ2) is 5.76. The van der Waals surface area contributed by atoms with Crippen molar-refractivity contribution in [3.63, 3.8) is 0 Å². The monoisotopic (exact) mass is 281 g/mol. The van der Waals surface area contributed by atoms with E-state index in [1.165, 1.54) is 24.1 Å². The first-order valence-corrected chi connectivity index (χ1v) is 7.74. The van der Waals surface area contributed by atoms with Crippen LogP contribution in [0.4, 0.5) is 11.5 Å². The molecule has 3 nitrogen and oxygen atoms in total. The van der Waals surface area contributed by atoms with Gasteiger partial charge in [0.2, 0.25) is 0 Å². The maximum absolute atomic E-state index is 6.09. The number of nitrogens with zero attached hydrogens (tertiary/aromatic N) is 2. The zero-order chi connectivity index (χ0) is 14.8. The number of benzene rings is 1. The quantitative estimate of drug-likeness (QED) is 0.871. The van der Waals surface area contributed by atoms with Gasteiger partial charge >= 0.3 is 0 Å². The molecule has 0 aliphatic heterocycles. The van der Waals surface area contributed by atoms with E-state index in [2.05, 4.69) is 36.9 Å². The van der Waals surface area contributed by atoms with Gasteiger partial charge in [-0.2, -0.15) is 0 Å². The minimum atomic E-state index is 0.386. The fraction of sp³-hybridized carbons (Fsp3) is 0.389. The Morgan fingerprint density at radius 1 is 1.14 bits per heavy atom. The molecule has 2 N–H and O–H groups in total. The van der Waals surface area contributed by atoms with Crippen molar-refractivity contribution >= 4 is 11.5 Å². The van der Waals surface area contributed by atoms with Crippen LogP contribution < -0.4 is 10.6 Å². The third-order valence-corrected chi connectivity index (χ3v) is 4.23. The number of rotatable bonds is 4. The van der Waals surface area contributed by atoms with Gasteiger partial charge in [-0.15, -0.1) is 0 Å². The van der Waals surface area contributed by atoms with Crippen LogP contribution in [0.25, 0.3) is 0 Å². The molecular formula is C18H23N3. The van der Waals surface area contributed by atoms with Crippen LogP contribution >= 0.6 is 0 Å². The van der Waals surface area contributed by atoms with E-state index < -0.39 is 0 Å². The molecule has 1 aliphatic carbocycles. The van der Waals surface area contributed by atoms with Crippen LogP contribution in [0.5, 0.6) is 0 Å².